The minimum atomic E-state index is -4.20. The molecule has 0 unspecified atom stereocenters. The lowest BCUT2D eigenvalue weighted by Gasteiger charge is -2.34. The molecule has 4 rings (SSSR count). The van der Waals surface area contributed by atoms with Gasteiger partial charge in [-0.25, -0.2) is 18.1 Å². The predicted molar refractivity (Wildman–Crippen MR) is 146 cm³/mol. The van der Waals surface area contributed by atoms with E-state index >= 15 is 0 Å². The maximum absolute atomic E-state index is 13.6. The summed E-state index contributed by atoms with van der Waals surface area (Å²) < 4.78 is 35.1. The van der Waals surface area contributed by atoms with Crippen LogP contribution in [-0.4, -0.2) is 59.5 Å². The van der Waals surface area contributed by atoms with Crippen LogP contribution < -0.4 is 9.46 Å². The van der Waals surface area contributed by atoms with E-state index in [9.17, 15) is 23.1 Å². The van der Waals surface area contributed by atoms with E-state index in [1.165, 1.54) is 29.2 Å². The van der Waals surface area contributed by atoms with Crippen molar-refractivity contribution in [2.24, 2.45) is 5.41 Å². The van der Waals surface area contributed by atoms with Gasteiger partial charge in [0.1, 0.15) is 13.2 Å². The molecule has 2 N–H and O–H groups in total. The Kier molecular flexibility index (Phi) is 7.65. The molecule has 2 aromatic carbocycles. The van der Waals surface area contributed by atoms with Crippen molar-refractivity contribution in [2.45, 2.75) is 52.0 Å². The summed E-state index contributed by atoms with van der Waals surface area (Å²) in [6, 6.07) is 12.2. The number of carboxylic acid groups (broad SMARTS) is 1. The molecule has 0 saturated carbocycles. The topological polar surface area (TPSA) is 139 Å². The Labute approximate surface area is 228 Å². The Balaban J connectivity index is 1.92. The highest BCUT2D eigenvalue weighted by atomic mass is 32.2. The predicted octanol–water partition coefficient (Wildman–Crippen LogP) is 4.29. The molecule has 4 bridgehead atoms. The van der Waals surface area contributed by atoms with E-state index in [2.05, 4.69) is 14.7 Å². The number of carboxylic acids is 1. The van der Waals surface area contributed by atoms with Crippen molar-refractivity contribution < 1.29 is 27.9 Å². The average molecular weight is 553 g/mol. The second-order valence-corrected chi connectivity index (χ2v) is 12.6. The van der Waals surface area contributed by atoms with E-state index in [0.717, 1.165) is 16.7 Å². The summed E-state index contributed by atoms with van der Waals surface area (Å²) in [6.45, 7) is 9.16. The Morgan fingerprint density at radius 1 is 1.10 bits per heavy atom. The lowest BCUT2D eigenvalue weighted by atomic mass is 9.87. The summed E-state index contributed by atoms with van der Waals surface area (Å²) >= 11 is 0. The third-order valence-corrected chi connectivity index (χ3v) is 7.66. The minimum Gasteiger partial charge on any atom is -0.480 e. The zero-order valence-corrected chi connectivity index (χ0v) is 23.4. The van der Waals surface area contributed by atoms with Crippen LogP contribution in [0.3, 0.4) is 0 Å². The van der Waals surface area contributed by atoms with Gasteiger partial charge in [-0.1, -0.05) is 45.0 Å². The van der Waals surface area contributed by atoms with Crippen molar-refractivity contribution in [1.29, 1.82) is 0 Å². The van der Waals surface area contributed by atoms with Crippen LogP contribution in [0.25, 0.3) is 11.3 Å². The van der Waals surface area contributed by atoms with Crippen molar-refractivity contribution >= 4 is 27.8 Å². The average Bonchev–Trinajstić information content (AvgIpc) is 2.83. The van der Waals surface area contributed by atoms with Gasteiger partial charge in [0.15, 0.2) is 0 Å². The van der Waals surface area contributed by atoms with Crippen molar-refractivity contribution in [3.63, 3.8) is 0 Å². The number of hydrogen-bond acceptors (Lipinski definition) is 7. The number of aromatic nitrogens is 2. The van der Waals surface area contributed by atoms with Gasteiger partial charge in [-0.15, -0.1) is 0 Å². The smallest absolute Gasteiger partial charge is 0.323 e. The molecule has 1 aliphatic rings. The van der Waals surface area contributed by atoms with Gasteiger partial charge in [0.2, 0.25) is 11.8 Å². The first-order valence-corrected chi connectivity index (χ1v) is 14.0. The molecule has 1 aromatic heterocycles. The molecule has 0 spiro atoms. The lowest BCUT2D eigenvalue weighted by molar-refractivity contribution is -0.138. The van der Waals surface area contributed by atoms with Crippen LogP contribution in [0.5, 0.6) is 5.88 Å². The van der Waals surface area contributed by atoms with Gasteiger partial charge >= 0.3 is 5.97 Å². The summed E-state index contributed by atoms with van der Waals surface area (Å²) in [4.78, 5) is 35.3. The molecule has 0 aliphatic carbocycles. The van der Waals surface area contributed by atoms with E-state index < -0.39 is 34.5 Å². The Hall–Kier alpha value is -3.99. The molecule has 1 atom stereocenters. The van der Waals surface area contributed by atoms with Crippen molar-refractivity contribution in [3.05, 3.63) is 65.2 Å². The number of carbonyl (C=O) groups is 2. The summed E-state index contributed by atoms with van der Waals surface area (Å²) in [5.74, 6) is -1.90. The molecular weight excluding hydrogens is 520 g/mol. The Bertz CT molecular complexity index is 1510. The molecule has 1 amide bonds. The van der Waals surface area contributed by atoms with Gasteiger partial charge in [-0.2, -0.15) is 4.98 Å². The number of nitrogens with one attached hydrogen (secondary N) is 1. The van der Waals surface area contributed by atoms with Gasteiger partial charge in [0, 0.05) is 17.2 Å². The number of anilines is 1. The van der Waals surface area contributed by atoms with E-state index in [0.29, 0.717) is 12.1 Å². The number of hydrogen-bond donors (Lipinski definition) is 2. The van der Waals surface area contributed by atoms with Gasteiger partial charge in [-0.3, -0.25) is 9.59 Å². The highest BCUT2D eigenvalue weighted by molar-refractivity contribution is 7.92. The first kappa shape index (κ1) is 28.0. The lowest BCUT2D eigenvalue weighted by Crippen LogP contribution is -2.48. The molecule has 39 heavy (non-hydrogen) atoms. The summed E-state index contributed by atoms with van der Waals surface area (Å²) in [7, 11) is -4.20. The van der Waals surface area contributed by atoms with Crippen LogP contribution in [0.15, 0.2) is 53.4 Å². The molecule has 11 heteroatoms. The molecular formula is C28H32N4O6S. The molecule has 2 heterocycles. The number of ether oxygens (including phenoxy) is 1. The maximum Gasteiger partial charge on any atom is 0.323 e. The van der Waals surface area contributed by atoms with E-state index in [1.807, 2.05) is 52.8 Å². The standard InChI is InChI=1S/C28H32N4O6S/c1-17-8-6-9-18(2)25(17)22-13-23-30-27(29-22)31-39(36,37)21-11-7-10-19(12-21)26(35)32(15-24(33)34)20(16-38-23)14-28(3,4)5/h6-13,20H,14-16H2,1-5H3,(H,33,34)(H,29,30,31)/t20-/m1/s1. The normalized spacial score (nSPS) is 17.2. The van der Waals surface area contributed by atoms with E-state index in [1.54, 1.807) is 6.07 Å². The second-order valence-electron chi connectivity index (χ2n) is 10.9. The first-order valence-electron chi connectivity index (χ1n) is 12.5. The van der Waals surface area contributed by atoms with Crippen LogP contribution in [0, 0.1) is 19.3 Å². The zero-order valence-electron chi connectivity index (χ0n) is 22.6. The number of rotatable bonds is 4. The summed E-state index contributed by atoms with van der Waals surface area (Å²) in [5.41, 5.74) is 2.90. The van der Waals surface area contributed by atoms with Gasteiger partial charge in [0.25, 0.3) is 15.9 Å². The Morgan fingerprint density at radius 3 is 2.41 bits per heavy atom. The number of aliphatic carboxylic acids is 1. The fourth-order valence-corrected chi connectivity index (χ4v) is 5.68. The van der Waals surface area contributed by atoms with Gasteiger partial charge < -0.3 is 14.7 Å². The quantitative estimate of drug-likeness (QED) is 0.489. The van der Waals surface area contributed by atoms with E-state index in [4.69, 9.17) is 4.74 Å². The minimum absolute atomic E-state index is 0.0427. The highest BCUT2D eigenvalue weighted by Gasteiger charge is 2.32. The number of aryl methyl sites for hydroxylation is 2. The largest absolute Gasteiger partial charge is 0.480 e. The molecule has 3 aromatic rings. The van der Waals surface area contributed by atoms with E-state index in [-0.39, 0.29) is 34.3 Å². The molecule has 0 saturated heterocycles. The number of carbonyl (C=O) groups excluding carboxylic acids is 1. The van der Waals surface area contributed by atoms with Crippen LogP contribution >= 0.6 is 0 Å². The molecule has 1 aliphatic heterocycles. The number of fused-ring (bicyclic) bond motifs is 4. The summed E-state index contributed by atoms with van der Waals surface area (Å²) in [5, 5.41) is 9.66. The fraction of sp³-hybridized carbons (Fsp3) is 0.357. The van der Waals surface area contributed by atoms with Crippen LogP contribution in [0.2, 0.25) is 0 Å². The SMILES string of the molecule is Cc1cccc(C)c1-c1cc2nc(n1)NS(=O)(=O)c1cccc(c1)C(=O)N(CC(=O)O)[C@H](CC(C)(C)C)CO2. The van der Waals surface area contributed by atoms with Crippen molar-refractivity contribution in [1.82, 2.24) is 14.9 Å². The van der Waals surface area contributed by atoms with Gasteiger partial charge in [-0.05, 0) is 55.0 Å². The number of amides is 1. The Morgan fingerprint density at radius 2 is 1.77 bits per heavy atom. The molecule has 0 radical (unpaired) electrons. The molecule has 10 nitrogen and oxygen atoms in total. The van der Waals surface area contributed by atoms with Crippen LogP contribution in [-0.2, 0) is 14.8 Å². The third-order valence-electron chi connectivity index (χ3n) is 6.34. The monoisotopic (exact) mass is 552 g/mol. The van der Waals surface area contributed by atoms with Crippen molar-refractivity contribution in [3.8, 4) is 17.1 Å². The van der Waals surface area contributed by atoms with Crippen molar-refractivity contribution in [2.75, 3.05) is 17.9 Å². The summed E-state index contributed by atoms with van der Waals surface area (Å²) in [6.07, 6.45) is 0.421. The second kappa shape index (κ2) is 10.6. The maximum atomic E-state index is 13.6. The zero-order chi connectivity index (χ0) is 28.5. The molecule has 0 fully saturated rings. The fourth-order valence-electron chi connectivity index (χ4n) is 4.69. The number of nitrogens with zero attached hydrogens (tertiary/aromatic N) is 3. The molecule has 206 valence electrons. The first-order chi connectivity index (χ1) is 18.2. The van der Waals surface area contributed by atoms with Crippen LogP contribution in [0.1, 0.15) is 48.7 Å². The highest BCUT2D eigenvalue weighted by Crippen LogP contribution is 2.31. The third kappa shape index (κ3) is 6.54. The van der Waals surface area contributed by atoms with Gasteiger partial charge in [0.05, 0.1) is 16.6 Å². The van der Waals surface area contributed by atoms with Crippen LogP contribution in [0.4, 0.5) is 5.95 Å². The number of benzene rings is 2. The number of sulfonamides is 1.